The molecule has 0 saturated carbocycles. The second kappa shape index (κ2) is 16.7. The number of hydrogen-bond acceptors (Lipinski definition) is 7. The lowest BCUT2D eigenvalue weighted by Crippen LogP contribution is -2.63. The molecule has 1 aliphatic heterocycles. The lowest BCUT2D eigenvalue weighted by molar-refractivity contribution is -0.154. The molecule has 2 aromatic rings. The van der Waals surface area contributed by atoms with Gasteiger partial charge in [0.15, 0.2) is 12.2 Å². The van der Waals surface area contributed by atoms with Crippen molar-refractivity contribution in [2.75, 3.05) is 13.1 Å². The molecule has 0 unspecified atom stereocenters. The summed E-state index contributed by atoms with van der Waals surface area (Å²) in [5.41, 5.74) is 0.673. The fourth-order valence-electron chi connectivity index (χ4n) is 4.96. The number of rotatable bonds is 13. The van der Waals surface area contributed by atoms with Gasteiger partial charge in [0.1, 0.15) is 5.60 Å². The third-order valence-corrected chi connectivity index (χ3v) is 7.10. The molecule has 0 saturated heterocycles. The Kier molecular flexibility index (Phi) is 13.0. The van der Waals surface area contributed by atoms with Gasteiger partial charge in [-0.25, -0.2) is 9.59 Å². The Morgan fingerprint density at radius 2 is 1.40 bits per heavy atom. The van der Waals surface area contributed by atoms with E-state index >= 15 is 0 Å². The summed E-state index contributed by atoms with van der Waals surface area (Å²) >= 11 is 0. The maximum Gasteiger partial charge on any atom is 0.408 e. The first-order chi connectivity index (χ1) is 21.4. The van der Waals surface area contributed by atoms with Crippen LogP contribution in [0.3, 0.4) is 0 Å². The minimum Gasteiger partial charge on any atom is -0.471 e. The quantitative estimate of drug-likeness (QED) is 0.286. The Labute approximate surface area is 266 Å². The van der Waals surface area contributed by atoms with E-state index in [-0.39, 0.29) is 5.76 Å². The fraction of sp³-hybridized carbons (Fsp3) is 0.486. The van der Waals surface area contributed by atoms with Crippen LogP contribution in [0.5, 0.6) is 0 Å². The fourth-order valence-corrected chi connectivity index (χ4v) is 4.96. The Bertz CT molecular complexity index is 1260. The Hall–Kier alpha value is -4.34. The van der Waals surface area contributed by atoms with Crippen molar-refractivity contribution in [3.05, 3.63) is 83.6 Å². The number of esters is 1. The molecule has 0 bridgehead atoms. The third-order valence-electron chi connectivity index (χ3n) is 7.10. The first-order valence-corrected chi connectivity index (χ1v) is 15.7. The first kappa shape index (κ1) is 35.1. The van der Waals surface area contributed by atoms with Crippen molar-refractivity contribution < 1.29 is 33.4 Å². The van der Waals surface area contributed by atoms with E-state index in [0.717, 1.165) is 36.8 Å². The number of hydrogen-bond donors (Lipinski definition) is 2. The van der Waals surface area contributed by atoms with E-state index in [2.05, 4.69) is 10.6 Å². The Morgan fingerprint density at radius 3 is 1.87 bits per heavy atom. The molecule has 0 aliphatic carbocycles. The summed E-state index contributed by atoms with van der Waals surface area (Å²) in [5.74, 6) is -1.90. The highest BCUT2D eigenvalue weighted by Crippen LogP contribution is 2.29. The summed E-state index contributed by atoms with van der Waals surface area (Å²) in [6.07, 6.45) is 1.79. The van der Waals surface area contributed by atoms with Gasteiger partial charge in [0.05, 0.1) is 12.1 Å². The van der Waals surface area contributed by atoms with Crippen LogP contribution in [0.15, 0.2) is 72.5 Å². The smallest absolute Gasteiger partial charge is 0.408 e. The van der Waals surface area contributed by atoms with Gasteiger partial charge in [-0.15, -0.1) is 0 Å². The van der Waals surface area contributed by atoms with Crippen LogP contribution in [0.25, 0.3) is 0 Å². The zero-order valence-corrected chi connectivity index (χ0v) is 27.2. The largest absolute Gasteiger partial charge is 0.471 e. The lowest BCUT2D eigenvalue weighted by atomic mass is 9.96. The monoisotopic (exact) mass is 621 g/mol. The molecular formula is C35H47N3O7. The number of amides is 3. The highest BCUT2D eigenvalue weighted by atomic mass is 16.6. The van der Waals surface area contributed by atoms with E-state index in [4.69, 9.17) is 14.2 Å². The van der Waals surface area contributed by atoms with E-state index in [9.17, 15) is 19.2 Å². The van der Waals surface area contributed by atoms with Crippen molar-refractivity contribution >= 4 is 23.9 Å². The van der Waals surface area contributed by atoms with E-state index in [0.29, 0.717) is 13.1 Å². The van der Waals surface area contributed by atoms with Gasteiger partial charge in [0, 0.05) is 20.0 Å². The van der Waals surface area contributed by atoms with Crippen LogP contribution < -0.4 is 10.6 Å². The van der Waals surface area contributed by atoms with Gasteiger partial charge in [-0.3, -0.25) is 9.59 Å². The van der Waals surface area contributed by atoms with Crippen LogP contribution >= 0.6 is 0 Å². The predicted octanol–water partition coefficient (Wildman–Crippen LogP) is 5.43. The second-order valence-corrected chi connectivity index (χ2v) is 12.1. The van der Waals surface area contributed by atoms with Crippen LogP contribution in [-0.2, 0) is 28.6 Å². The molecule has 2 N–H and O–H groups in total. The average Bonchev–Trinajstić information content (AvgIpc) is 3.00. The summed E-state index contributed by atoms with van der Waals surface area (Å²) in [6.45, 7) is 11.5. The van der Waals surface area contributed by atoms with E-state index in [1.165, 1.54) is 13.0 Å². The van der Waals surface area contributed by atoms with Gasteiger partial charge in [0.25, 0.3) is 5.91 Å². The van der Waals surface area contributed by atoms with Crippen molar-refractivity contribution in [2.45, 2.75) is 97.1 Å². The standard InChI is InChI=1S/C35H47N3O7/c1-7-9-21-38(22-10-8-2)32(40)31-29(36-24(3)39)27(37-34(42)45-35(4,5)6)23-28(43-31)33(41)44-30(25-17-13-11-14-18-25)26-19-15-12-16-20-26/h11-20,23,27,29-31H,7-10,21-22H2,1-6H3,(H,36,39)(H,37,42)/t27-,29+,31+/m0/s1. The molecule has 0 fully saturated rings. The highest BCUT2D eigenvalue weighted by Gasteiger charge is 2.45. The average molecular weight is 622 g/mol. The number of carbonyl (C=O) groups excluding carboxylic acids is 4. The maximum atomic E-state index is 14.1. The van der Waals surface area contributed by atoms with Crippen molar-refractivity contribution in [2.24, 2.45) is 0 Å². The molecule has 0 aromatic heterocycles. The van der Waals surface area contributed by atoms with Crippen LogP contribution in [0.1, 0.15) is 84.5 Å². The summed E-state index contributed by atoms with van der Waals surface area (Å²) in [7, 11) is 0. The molecule has 3 rings (SSSR count). The molecule has 3 amide bonds. The molecule has 3 atom stereocenters. The zero-order chi connectivity index (χ0) is 33.0. The normalized spacial score (nSPS) is 17.8. The molecule has 1 aliphatic rings. The Balaban J connectivity index is 2.04. The van der Waals surface area contributed by atoms with Crippen LogP contribution in [-0.4, -0.2) is 65.7 Å². The molecule has 0 radical (unpaired) electrons. The van der Waals surface area contributed by atoms with Crippen molar-refractivity contribution in [3.63, 3.8) is 0 Å². The van der Waals surface area contributed by atoms with Crippen LogP contribution in [0.4, 0.5) is 4.79 Å². The maximum absolute atomic E-state index is 14.1. The molecule has 10 nitrogen and oxygen atoms in total. The predicted molar refractivity (Wildman–Crippen MR) is 171 cm³/mol. The number of ether oxygens (including phenoxy) is 3. The lowest BCUT2D eigenvalue weighted by Gasteiger charge is -2.39. The number of nitrogens with zero attached hydrogens (tertiary/aromatic N) is 1. The molecule has 10 heteroatoms. The van der Waals surface area contributed by atoms with Crippen LogP contribution in [0, 0.1) is 0 Å². The van der Waals surface area contributed by atoms with Gasteiger partial charge in [-0.1, -0.05) is 87.4 Å². The first-order valence-electron chi connectivity index (χ1n) is 15.7. The molecule has 2 aromatic carbocycles. The van der Waals surface area contributed by atoms with Crippen LogP contribution in [0.2, 0.25) is 0 Å². The van der Waals surface area contributed by atoms with E-state index < -0.39 is 53.8 Å². The topological polar surface area (TPSA) is 123 Å². The summed E-state index contributed by atoms with van der Waals surface area (Å²) in [4.78, 5) is 55.0. The van der Waals surface area contributed by atoms with E-state index in [1.807, 2.05) is 74.5 Å². The summed E-state index contributed by atoms with van der Waals surface area (Å²) in [5, 5.41) is 5.50. The van der Waals surface area contributed by atoms with Gasteiger partial charge in [-0.05, 0) is 50.8 Å². The van der Waals surface area contributed by atoms with Gasteiger partial charge in [-0.2, -0.15) is 0 Å². The summed E-state index contributed by atoms with van der Waals surface area (Å²) < 4.78 is 17.7. The number of benzene rings is 2. The molecular weight excluding hydrogens is 574 g/mol. The molecule has 1 heterocycles. The van der Waals surface area contributed by atoms with Gasteiger partial charge < -0.3 is 29.7 Å². The number of alkyl carbamates (subject to hydrolysis) is 1. The SMILES string of the molecule is CCCCN(CCCC)C(=O)[C@@H]1OC(C(=O)OC(c2ccccc2)c2ccccc2)=C[C@H](NC(=O)OC(C)(C)C)[C@H]1NC(C)=O. The highest BCUT2D eigenvalue weighted by molar-refractivity contribution is 5.90. The Morgan fingerprint density at radius 1 is 0.867 bits per heavy atom. The van der Waals surface area contributed by atoms with Crippen molar-refractivity contribution in [3.8, 4) is 0 Å². The number of unbranched alkanes of at least 4 members (excludes halogenated alkanes) is 2. The minimum atomic E-state index is -1.32. The van der Waals surface area contributed by atoms with Gasteiger partial charge >= 0.3 is 12.1 Å². The third kappa shape index (κ3) is 10.7. The van der Waals surface area contributed by atoms with Gasteiger partial charge in [0.2, 0.25) is 11.7 Å². The summed E-state index contributed by atoms with van der Waals surface area (Å²) in [6, 6.07) is 16.5. The second-order valence-electron chi connectivity index (χ2n) is 12.1. The number of nitrogens with one attached hydrogen (secondary N) is 2. The minimum absolute atomic E-state index is 0.251. The van der Waals surface area contributed by atoms with Crippen molar-refractivity contribution in [1.82, 2.24) is 15.5 Å². The number of carbonyl (C=O) groups is 4. The molecule has 45 heavy (non-hydrogen) atoms. The van der Waals surface area contributed by atoms with E-state index in [1.54, 1.807) is 25.7 Å². The molecule has 244 valence electrons. The van der Waals surface area contributed by atoms with Crippen molar-refractivity contribution in [1.29, 1.82) is 0 Å². The zero-order valence-electron chi connectivity index (χ0n) is 27.2. The molecule has 0 spiro atoms.